The third kappa shape index (κ3) is 2.43. The monoisotopic (exact) mass is 385 g/mol. The van der Waals surface area contributed by atoms with Crippen LogP contribution in [0, 0.1) is 0 Å². The van der Waals surface area contributed by atoms with E-state index in [1.54, 1.807) is 4.90 Å². The molecule has 0 unspecified atom stereocenters. The molecule has 5 nitrogen and oxygen atoms in total. The Morgan fingerprint density at radius 3 is 2.66 bits per heavy atom. The number of nitrogens with zero attached hydrogens (tertiary/aromatic N) is 2. The topological polar surface area (TPSA) is 61.3 Å². The quantitative estimate of drug-likeness (QED) is 0.514. The molecule has 29 heavy (non-hydrogen) atoms. The van der Waals surface area contributed by atoms with Crippen LogP contribution in [-0.2, 0) is 13.0 Å². The van der Waals surface area contributed by atoms with Crippen molar-refractivity contribution in [3.8, 4) is 0 Å². The first kappa shape index (κ1) is 16.7. The lowest BCUT2D eigenvalue weighted by molar-refractivity contribution is 0.154. The summed E-state index contributed by atoms with van der Waals surface area (Å²) in [4.78, 5) is 16.8. The number of hydrogen-bond donors (Lipinski definition) is 2. The fourth-order valence-corrected chi connectivity index (χ4v) is 5.57. The van der Waals surface area contributed by atoms with Gasteiger partial charge in [-0.3, -0.25) is 0 Å². The van der Waals surface area contributed by atoms with E-state index in [-0.39, 0.29) is 11.8 Å². The number of para-hydroxylation sites is 2. The van der Waals surface area contributed by atoms with Crippen molar-refractivity contribution in [3.63, 3.8) is 0 Å². The lowest BCUT2D eigenvalue weighted by atomic mass is 9.83. The molecule has 2 N–H and O–H groups in total. The molecule has 2 aromatic heterocycles. The number of fused-ring (bicyclic) bond motifs is 1. The Balaban J connectivity index is 1.53. The number of H-pyrrole nitrogens is 1. The number of aromatic amines is 1. The number of aromatic nitrogens is 2. The first-order valence-electron chi connectivity index (χ1n) is 10.3. The van der Waals surface area contributed by atoms with Gasteiger partial charge in [-0.1, -0.05) is 36.4 Å². The molecule has 4 heterocycles. The zero-order chi connectivity index (χ0) is 19.5. The molecule has 2 aromatic carbocycles. The third-order valence-electron chi connectivity index (χ3n) is 6.87. The van der Waals surface area contributed by atoms with Crippen LogP contribution < -0.4 is 0 Å². The summed E-state index contributed by atoms with van der Waals surface area (Å²) in [6.45, 7) is 2.12. The molecule has 2 aliphatic heterocycles. The van der Waals surface area contributed by atoms with Crippen LogP contribution in [0.25, 0.3) is 21.8 Å². The highest BCUT2D eigenvalue weighted by Gasteiger charge is 2.39. The Morgan fingerprint density at radius 1 is 1.00 bits per heavy atom. The van der Waals surface area contributed by atoms with Gasteiger partial charge in [0.2, 0.25) is 0 Å². The maximum absolute atomic E-state index is 11.9. The number of carboxylic acid groups (broad SMARTS) is 1. The minimum absolute atomic E-state index is 0.144. The zero-order valence-corrected chi connectivity index (χ0v) is 16.1. The van der Waals surface area contributed by atoms with Gasteiger partial charge in [0, 0.05) is 60.2 Å². The van der Waals surface area contributed by atoms with Crippen molar-refractivity contribution in [2.45, 2.75) is 31.2 Å². The predicted molar refractivity (Wildman–Crippen MR) is 114 cm³/mol. The van der Waals surface area contributed by atoms with Crippen LogP contribution in [0.4, 0.5) is 4.79 Å². The molecule has 1 fully saturated rings. The lowest BCUT2D eigenvalue weighted by Gasteiger charge is -2.17. The van der Waals surface area contributed by atoms with Gasteiger partial charge < -0.3 is 19.6 Å². The Labute approximate surface area is 168 Å². The number of aryl methyl sites for hydroxylation is 2. The second kappa shape index (κ2) is 6.14. The van der Waals surface area contributed by atoms with Crippen molar-refractivity contribution < 1.29 is 9.90 Å². The summed E-state index contributed by atoms with van der Waals surface area (Å²) < 4.78 is 2.39. The molecule has 2 atom stereocenters. The van der Waals surface area contributed by atoms with Crippen LogP contribution in [0.3, 0.4) is 0 Å². The van der Waals surface area contributed by atoms with E-state index < -0.39 is 6.09 Å². The molecule has 0 aliphatic carbocycles. The molecule has 1 saturated heterocycles. The number of nitrogens with one attached hydrogen (secondary N) is 1. The smallest absolute Gasteiger partial charge is 0.407 e. The average molecular weight is 385 g/mol. The van der Waals surface area contributed by atoms with E-state index in [4.69, 9.17) is 0 Å². The van der Waals surface area contributed by atoms with Crippen LogP contribution in [-0.4, -0.2) is 38.7 Å². The van der Waals surface area contributed by atoms with Crippen LogP contribution in [0.2, 0.25) is 0 Å². The highest BCUT2D eigenvalue weighted by Crippen LogP contribution is 2.45. The molecular formula is C24H23N3O2. The maximum atomic E-state index is 11.9. The minimum Gasteiger partial charge on any atom is -0.465 e. The third-order valence-corrected chi connectivity index (χ3v) is 6.87. The molecule has 6 rings (SSSR count). The number of amides is 1. The van der Waals surface area contributed by atoms with Crippen LogP contribution >= 0.6 is 0 Å². The van der Waals surface area contributed by atoms with E-state index >= 15 is 0 Å². The van der Waals surface area contributed by atoms with Gasteiger partial charge in [-0.15, -0.1) is 0 Å². The van der Waals surface area contributed by atoms with Crippen molar-refractivity contribution in [1.82, 2.24) is 14.5 Å². The Morgan fingerprint density at radius 2 is 1.79 bits per heavy atom. The minimum atomic E-state index is -0.828. The maximum Gasteiger partial charge on any atom is 0.407 e. The average Bonchev–Trinajstić information content (AvgIpc) is 3.44. The molecule has 1 amide bonds. The van der Waals surface area contributed by atoms with Gasteiger partial charge in [0.25, 0.3) is 0 Å². The Hall–Kier alpha value is -3.21. The van der Waals surface area contributed by atoms with Gasteiger partial charge in [-0.2, -0.15) is 0 Å². The van der Waals surface area contributed by atoms with Crippen LogP contribution in [0.1, 0.15) is 34.9 Å². The Kier molecular flexibility index (Phi) is 3.54. The summed E-state index contributed by atoms with van der Waals surface area (Å²) >= 11 is 0. The standard InChI is InChI=1S/C24H23N3O2/c28-24(29)27-13-20(18-11-25-22-9-2-1-7-16(18)22)21(14-27)19-12-26-10-4-6-15-5-3-8-17(19)23(15)26/h1-3,5,7-9,11-12,20-21,25H,4,6,10,13-14H2,(H,28,29)/t20-,21-/m0/s1. The summed E-state index contributed by atoms with van der Waals surface area (Å²) in [7, 11) is 0. The molecule has 0 bridgehead atoms. The number of likely N-dealkylation sites (tertiary alicyclic amines) is 1. The lowest BCUT2D eigenvalue weighted by Crippen LogP contribution is -2.26. The number of rotatable bonds is 2. The van der Waals surface area contributed by atoms with E-state index in [1.165, 1.54) is 33.0 Å². The molecule has 2 aliphatic rings. The van der Waals surface area contributed by atoms with Crippen molar-refractivity contribution in [2.24, 2.45) is 0 Å². The second-order valence-corrected chi connectivity index (χ2v) is 8.38. The molecule has 5 heteroatoms. The van der Waals surface area contributed by atoms with E-state index in [0.717, 1.165) is 24.9 Å². The van der Waals surface area contributed by atoms with Crippen molar-refractivity contribution in [2.75, 3.05) is 13.1 Å². The SMILES string of the molecule is O=C(O)N1C[C@@H](c2c[nH]c3ccccc23)[C@H](c2cn3c4c(cccc24)CCC3)C1. The molecular weight excluding hydrogens is 362 g/mol. The molecule has 0 saturated carbocycles. The summed E-state index contributed by atoms with van der Waals surface area (Å²) in [6.07, 6.45) is 5.84. The number of hydrogen-bond acceptors (Lipinski definition) is 1. The van der Waals surface area contributed by atoms with Crippen molar-refractivity contribution in [1.29, 1.82) is 0 Å². The van der Waals surface area contributed by atoms with Gasteiger partial charge in [0.1, 0.15) is 0 Å². The fraction of sp³-hybridized carbons (Fsp3) is 0.292. The van der Waals surface area contributed by atoms with Gasteiger partial charge in [-0.05, 0) is 35.6 Å². The van der Waals surface area contributed by atoms with Crippen molar-refractivity contribution in [3.05, 3.63) is 71.5 Å². The van der Waals surface area contributed by atoms with Crippen molar-refractivity contribution >= 4 is 27.9 Å². The second-order valence-electron chi connectivity index (χ2n) is 8.38. The Bertz CT molecular complexity index is 1250. The van der Waals surface area contributed by atoms with Crippen LogP contribution in [0.15, 0.2) is 54.9 Å². The zero-order valence-electron chi connectivity index (χ0n) is 16.1. The molecule has 0 radical (unpaired) electrons. The largest absolute Gasteiger partial charge is 0.465 e. The molecule has 0 spiro atoms. The number of carbonyl (C=O) groups is 1. The normalized spacial score (nSPS) is 21.3. The summed E-state index contributed by atoms with van der Waals surface area (Å²) in [6, 6.07) is 14.9. The van der Waals surface area contributed by atoms with Gasteiger partial charge >= 0.3 is 6.09 Å². The van der Waals surface area contributed by atoms with E-state index in [1.807, 2.05) is 6.07 Å². The highest BCUT2D eigenvalue weighted by molar-refractivity contribution is 5.89. The van der Waals surface area contributed by atoms with E-state index in [2.05, 4.69) is 58.3 Å². The fourth-order valence-electron chi connectivity index (χ4n) is 5.57. The van der Waals surface area contributed by atoms with E-state index in [0.29, 0.717) is 13.1 Å². The summed E-state index contributed by atoms with van der Waals surface area (Å²) in [5.74, 6) is 0.299. The predicted octanol–water partition coefficient (Wildman–Crippen LogP) is 4.93. The van der Waals surface area contributed by atoms with Gasteiger partial charge in [0.15, 0.2) is 0 Å². The first-order valence-corrected chi connectivity index (χ1v) is 10.3. The van der Waals surface area contributed by atoms with Crippen LogP contribution in [0.5, 0.6) is 0 Å². The summed E-state index contributed by atoms with van der Waals surface area (Å²) in [5.41, 5.74) is 6.39. The molecule has 146 valence electrons. The molecule has 4 aromatic rings. The summed E-state index contributed by atoms with van der Waals surface area (Å²) in [5, 5.41) is 12.2. The first-order chi connectivity index (χ1) is 14.2. The van der Waals surface area contributed by atoms with Gasteiger partial charge in [-0.25, -0.2) is 4.79 Å². The van der Waals surface area contributed by atoms with Gasteiger partial charge in [0.05, 0.1) is 5.52 Å². The highest BCUT2D eigenvalue weighted by atomic mass is 16.4. The number of benzene rings is 2. The van der Waals surface area contributed by atoms with E-state index in [9.17, 15) is 9.90 Å².